The van der Waals surface area contributed by atoms with Gasteiger partial charge >= 0.3 is 0 Å². The van der Waals surface area contributed by atoms with Crippen LogP contribution in [0.2, 0.25) is 0 Å². The second kappa shape index (κ2) is 7.83. The van der Waals surface area contributed by atoms with Crippen LogP contribution in [0.4, 0.5) is 5.69 Å². The first-order valence-corrected chi connectivity index (χ1v) is 9.30. The van der Waals surface area contributed by atoms with E-state index in [0.717, 1.165) is 0 Å². The van der Waals surface area contributed by atoms with E-state index in [1.807, 2.05) is 0 Å². The Labute approximate surface area is 155 Å². The van der Waals surface area contributed by atoms with Crippen molar-refractivity contribution in [1.29, 1.82) is 0 Å². The van der Waals surface area contributed by atoms with E-state index >= 15 is 0 Å². The Hall–Kier alpha value is -3.46. The number of benzene rings is 2. The first kappa shape index (κ1) is 18.3. The van der Waals surface area contributed by atoms with Crippen molar-refractivity contribution < 1.29 is 18.2 Å². The van der Waals surface area contributed by atoms with E-state index in [0.29, 0.717) is 5.56 Å². The summed E-state index contributed by atoms with van der Waals surface area (Å²) in [5, 5.41) is 10.7. The highest BCUT2D eigenvalue weighted by Crippen LogP contribution is 2.12. The first-order chi connectivity index (χ1) is 13.0. The SMILES string of the molecule is O=[N+]([O-])c1ccc(COn2cccc/c2=N\S(=O)(=O)c2ccccc2)cc1. The molecule has 0 N–H and O–H groups in total. The van der Waals surface area contributed by atoms with Gasteiger partial charge < -0.3 is 4.84 Å². The van der Waals surface area contributed by atoms with Crippen molar-refractivity contribution in [2.75, 3.05) is 0 Å². The fourth-order valence-corrected chi connectivity index (χ4v) is 3.22. The molecule has 0 aliphatic carbocycles. The second-order valence-corrected chi connectivity index (χ2v) is 7.07. The van der Waals surface area contributed by atoms with Crippen molar-refractivity contribution in [2.24, 2.45) is 4.40 Å². The van der Waals surface area contributed by atoms with Gasteiger partial charge in [-0.2, -0.15) is 13.1 Å². The number of aromatic nitrogens is 1. The zero-order valence-electron chi connectivity index (χ0n) is 14.0. The molecule has 0 radical (unpaired) electrons. The monoisotopic (exact) mass is 385 g/mol. The van der Waals surface area contributed by atoms with E-state index in [1.165, 1.54) is 41.3 Å². The highest BCUT2D eigenvalue weighted by atomic mass is 32.2. The number of nitro groups is 1. The number of hydrogen-bond acceptors (Lipinski definition) is 5. The van der Waals surface area contributed by atoms with Crippen LogP contribution in [0.1, 0.15) is 5.56 Å². The summed E-state index contributed by atoms with van der Waals surface area (Å²) in [7, 11) is -3.88. The lowest BCUT2D eigenvalue weighted by Crippen LogP contribution is -2.27. The lowest BCUT2D eigenvalue weighted by molar-refractivity contribution is -0.384. The number of nitrogens with zero attached hydrogens (tertiary/aromatic N) is 3. The molecule has 0 saturated heterocycles. The van der Waals surface area contributed by atoms with E-state index < -0.39 is 14.9 Å². The summed E-state index contributed by atoms with van der Waals surface area (Å²) >= 11 is 0. The van der Waals surface area contributed by atoms with Crippen LogP contribution in [0.25, 0.3) is 0 Å². The fraction of sp³-hybridized carbons (Fsp3) is 0.0556. The molecule has 3 aromatic rings. The number of sulfonamides is 1. The Morgan fingerprint density at radius 2 is 1.63 bits per heavy atom. The Morgan fingerprint density at radius 1 is 0.963 bits per heavy atom. The molecule has 138 valence electrons. The number of hydrogen-bond donors (Lipinski definition) is 0. The maximum absolute atomic E-state index is 12.4. The Kier molecular flexibility index (Phi) is 5.32. The lowest BCUT2D eigenvalue weighted by Gasteiger charge is -2.09. The van der Waals surface area contributed by atoms with Crippen molar-refractivity contribution in [3.63, 3.8) is 0 Å². The van der Waals surface area contributed by atoms with E-state index in [9.17, 15) is 18.5 Å². The maximum atomic E-state index is 12.4. The van der Waals surface area contributed by atoms with Crippen LogP contribution in [-0.4, -0.2) is 18.1 Å². The summed E-state index contributed by atoms with van der Waals surface area (Å²) in [5.41, 5.74) is 0.771. The molecule has 2 aromatic carbocycles. The molecular formula is C18H15N3O5S. The predicted octanol–water partition coefficient (Wildman–Crippen LogP) is 2.31. The molecule has 1 heterocycles. The number of non-ortho nitro benzene ring substituents is 1. The smallest absolute Gasteiger partial charge is 0.284 e. The van der Waals surface area contributed by atoms with Gasteiger partial charge in [0.05, 0.1) is 9.82 Å². The Morgan fingerprint density at radius 3 is 2.30 bits per heavy atom. The van der Waals surface area contributed by atoms with Crippen molar-refractivity contribution >= 4 is 15.7 Å². The molecule has 0 amide bonds. The molecule has 0 bridgehead atoms. The minimum atomic E-state index is -3.88. The molecule has 27 heavy (non-hydrogen) atoms. The molecule has 0 spiro atoms. The van der Waals surface area contributed by atoms with Gasteiger partial charge in [-0.15, -0.1) is 4.40 Å². The van der Waals surface area contributed by atoms with Gasteiger partial charge in [-0.1, -0.05) is 24.3 Å². The lowest BCUT2D eigenvalue weighted by atomic mass is 10.2. The van der Waals surface area contributed by atoms with Gasteiger partial charge in [-0.25, -0.2) is 0 Å². The first-order valence-electron chi connectivity index (χ1n) is 7.86. The predicted molar refractivity (Wildman–Crippen MR) is 97.0 cm³/mol. The van der Waals surface area contributed by atoms with Crippen molar-refractivity contribution in [1.82, 2.24) is 4.73 Å². The van der Waals surface area contributed by atoms with Crippen molar-refractivity contribution in [2.45, 2.75) is 11.5 Å². The summed E-state index contributed by atoms with van der Waals surface area (Å²) in [6.45, 7) is 0.0839. The molecule has 0 atom stereocenters. The fourth-order valence-electron chi connectivity index (χ4n) is 2.23. The zero-order chi connectivity index (χ0) is 19.3. The molecule has 0 fully saturated rings. The van der Waals surface area contributed by atoms with Gasteiger partial charge in [0.2, 0.25) is 0 Å². The number of nitro benzene ring substituents is 1. The molecule has 0 aliphatic heterocycles. The summed E-state index contributed by atoms with van der Waals surface area (Å²) in [6.07, 6.45) is 1.53. The standard InChI is InChI=1S/C18H15N3O5S/c22-21(23)16-11-9-15(10-12-16)14-26-20-13-5-4-8-18(20)19-27(24,25)17-6-2-1-3-7-17/h1-13H,14H2/b19-18+. The highest BCUT2D eigenvalue weighted by Gasteiger charge is 2.12. The topological polar surface area (TPSA) is 104 Å². The van der Waals surface area contributed by atoms with Crippen molar-refractivity contribution in [3.8, 4) is 0 Å². The minimum absolute atomic E-state index is 0.0178. The van der Waals surface area contributed by atoms with Crippen LogP contribution in [0, 0.1) is 10.1 Å². The Bertz CT molecular complexity index is 1110. The largest absolute Gasteiger partial charge is 0.408 e. The van der Waals surface area contributed by atoms with Crippen molar-refractivity contribution in [3.05, 3.63) is 100 Å². The minimum Gasteiger partial charge on any atom is -0.408 e. The van der Waals surface area contributed by atoms with Gasteiger partial charge in [-0.05, 0) is 42.0 Å². The third-order valence-corrected chi connectivity index (χ3v) is 4.87. The summed E-state index contributed by atoms with van der Waals surface area (Å²) in [5.74, 6) is 0. The van der Waals surface area contributed by atoms with Crippen LogP contribution in [-0.2, 0) is 16.6 Å². The highest BCUT2D eigenvalue weighted by molar-refractivity contribution is 7.90. The molecule has 0 saturated carbocycles. The number of rotatable bonds is 6. The molecule has 3 rings (SSSR count). The maximum Gasteiger partial charge on any atom is 0.284 e. The Balaban J connectivity index is 1.85. The summed E-state index contributed by atoms with van der Waals surface area (Å²) < 4.78 is 29.9. The normalized spacial score (nSPS) is 11.9. The van der Waals surface area contributed by atoms with Crippen LogP contribution in [0.15, 0.2) is 88.3 Å². The van der Waals surface area contributed by atoms with E-state index in [1.54, 1.807) is 42.5 Å². The quantitative estimate of drug-likeness (QED) is 0.478. The molecule has 1 aromatic heterocycles. The van der Waals surface area contributed by atoms with E-state index in [-0.39, 0.29) is 22.7 Å². The molecular weight excluding hydrogens is 370 g/mol. The third-order valence-electron chi connectivity index (χ3n) is 3.58. The van der Waals surface area contributed by atoms with Gasteiger partial charge in [-0.3, -0.25) is 10.1 Å². The third kappa shape index (κ3) is 4.59. The van der Waals surface area contributed by atoms with Crippen LogP contribution < -0.4 is 10.3 Å². The van der Waals surface area contributed by atoms with Gasteiger partial charge in [0.25, 0.3) is 15.7 Å². The molecule has 0 unspecified atom stereocenters. The number of pyridine rings is 1. The van der Waals surface area contributed by atoms with E-state index in [4.69, 9.17) is 4.84 Å². The molecule has 0 aliphatic rings. The summed E-state index contributed by atoms with van der Waals surface area (Å²) in [4.78, 5) is 15.9. The molecule has 8 nitrogen and oxygen atoms in total. The molecule has 9 heteroatoms. The average molecular weight is 385 g/mol. The van der Waals surface area contributed by atoms with Gasteiger partial charge in [0, 0.05) is 18.3 Å². The van der Waals surface area contributed by atoms with Gasteiger partial charge in [0.1, 0.15) is 6.61 Å². The summed E-state index contributed by atoms with van der Waals surface area (Å²) in [6, 6.07) is 18.6. The van der Waals surface area contributed by atoms with E-state index in [2.05, 4.69) is 4.40 Å². The van der Waals surface area contributed by atoms with Gasteiger partial charge in [0.15, 0.2) is 5.49 Å². The average Bonchev–Trinajstić information content (AvgIpc) is 2.68. The zero-order valence-corrected chi connectivity index (χ0v) is 14.8. The second-order valence-electron chi connectivity index (χ2n) is 5.46. The van der Waals surface area contributed by atoms with Crippen LogP contribution in [0.5, 0.6) is 0 Å². The van der Waals surface area contributed by atoms with Crippen LogP contribution >= 0.6 is 0 Å². The van der Waals surface area contributed by atoms with Crippen LogP contribution in [0.3, 0.4) is 0 Å².